The fraction of sp³-hybridized carbons (Fsp3) is 0.312. The molecule has 0 aliphatic heterocycles. The number of esters is 1. The van der Waals surface area contributed by atoms with Gasteiger partial charge >= 0.3 is 12.1 Å². The smallest absolute Gasteiger partial charge is 0.413 e. The second-order valence-corrected chi connectivity index (χ2v) is 6.71. The lowest BCUT2D eigenvalue weighted by atomic mass is 10.1. The Bertz CT molecular complexity index is 768. The van der Waals surface area contributed by atoms with Crippen LogP contribution in [0.4, 0.5) is 15.0 Å². The lowest BCUT2D eigenvalue weighted by Gasteiger charge is -2.19. The fourth-order valence-corrected chi connectivity index (χ4v) is 2.54. The average Bonchev–Trinajstić information content (AvgIpc) is 2.92. The molecular formula is C16H17FN2O4S. The molecule has 2 aromatic rings. The van der Waals surface area contributed by atoms with Crippen LogP contribution < -0.4 is 5.32 Å². The summed E-state index contributed by atoms with van der Waals surface area (Å²) in [6.07, 6.45) is -0.619. The number of halogens is 1. The van der Waals surface area contributed by atoms with E-state index in [4.69, 9.17) is 4.74 Å². The van der Waals surface area contributed by atoms with Crippen LogP contribution in [0.25, 0.3) is 10.6 Å². The van der Waals surface area contributed by atoms with E-state index in [9.17, 15) is 14.0 Å². The molecule has 1 amide bonds. The van der Waals surface area contributed by atoms with E-state index in [-0.39, 0.29) is 5.56 Å². The molecule has 128 valence electrons. The molecule has 1 aromatic heterocycles. The van der Waals surface area contributed by atoms with E-state index in [1.807, 2.05) is 0 Å². The molecule has 0 bridgehead atoms. The molecule has 24 heavy (non-hydrogen) atoms. The molecule has 0 unspecified atom stereocenters. The number of carbonyl (C=O) groups excluding carboxylic acids is 2. The fourth-order valence-electron chi connectivity index (χ4n) is 1.80. The molecular weight excluding hydrogens is 335 g/mol. The first-order valence-electron chi connectivity index (χ1n) is 7.03. The Hall–Kier alpha value is -2.48. The highest BCUT2D eigenvalue weighted by Crippen LogP contribution is 2.27. The average molecular weight is 352 g/mol. The maximum atomic E-state index is 14.0. The predicted octanol–water partition coefficient (Wildman–Crippen LogP) is 4.08. The second kappa shape index (κ2) is 6.96. The first kappa shape index (κ1) is 17.9. The largest absolute Gasteiger partial charge is 0.465 e. The van der Waals surface area contributed by atoms with Crippen molar-refractivity contribution >= 4 is 29.2 Å². The number of anilines is 1. The highest BCUT2D eigenvalue weighted by atomic mass is 32.1. The first-order chi connectivity index (χ1) is 11.2. The molecule has 1 heterocycles. The number of aromatic nitrogens is 1. The maximum Gasteiger partial charge on any atom is 0.413 e. The number of benzene rings is 1. The topological polar surface area (TPSA) is 77.5 Å². The van der Waals surface area contributed by atoms with E-state index < -0.39 is 23.5 Å². The summed E-state index contributed by atoms with van der Waals surface area (Å²) in [5.74, 6) is -1.14. The highest BCUT2D eigenvalue weighted by Gasteiger charge is 2.18. The number of ether oxygens (including phenoxy) is 2. The molecule has 0 saturated heterocycles. The first-order valence-corrected chi connectivity index (χ1v) is 7.91. The summed E-state index contributed by atoms with van der Waals surface area (Å²) < 4.78 is 23.6. The van der Waals surface area contributed by atoms with Gasteiger partial charge in [0.25, 0.3) is 0 Å². The number of nitrogens with one attached hydrogen (secondary N) is 1. The molecule has 0 aliphatic rings. The summed E-state index contributed by atoms with van der Waals surface area (Å²) in [5.41, 5.74) is -0.275. The van der Waals surface area contributed by atoms with Crippen LogP contribution in [0.15, 0.2) is 23.6 Å². The summed E-state index contributed by atoms with van der Waals surface area (Å²) >= 11 is 1.23. The van der Waals surface area contributed by atoms with Crippen LogP contribution in [0.3, 0.4) is 0 Å². The summed E-state index contributed by atoms with van der Waals surface area (Å²) in [7, 11) is 1.19. The third-order valence-electron chi connectivity index (χ3n) is 2.75. The van der Waals surface area contributed by atoms with E-state index >= 15 is 0 Å². The zero-order valence-electron chi connectivity index (χ0n) is 13.7. The van der Waals surface area contributed by atoms with Gasteiger partial charge in [0.05, 0.1) is 12.7 Å². The highest BCUT2D eigenvalue weighted by molar-refractivity contribution is 7.13. The summed E-state index contributed by atoms with van der Waals surface area (Å²) in [6.45, 7) is 5.26. The number of amides is 1. The molecule has 0 saturated carbocycles. The van der Waals surface area contributed by atoms with Gasteiger partial charge in [-0.25, -0.2) is 19.0 Å². The van der Waals surface area contributed by atoms with E-state index in [1.54, 1.807) is 32.2 Å². The van der Waals surface area contributed by atoms with Crippen molar-refractivity contribution < 1.29 is 23.5 Å². The lowest BCUT2D eigenvalue weighted by Crippen LogP contribution is -2.27. The number of hydrogen-bond acceptors (Lipinski definition) is 6. The van der Waals surface area contributed by atoms with Gasteiger partial charge in [0.1, 0.15) is 22.2 Å². The number of rotatable bonds is 3. The monoisotopic (exact) mass is 352 g/mol. The van der Waals surface area contributed by atoms with Gasteiger partial charge < -0.3 is 9.47 Å². The third kappa shape index (κ3) is 4.51. The van der Waals surface area contributed by atoms with Crippen LogP contribution in [-0.2, 0) is 9.47 Å². The van der Waals surface area contributed by atoms with Crippen LogP contribution in [0.1, 0.15) is 31.1 Å². The van der Waals surface area contributed by atoms with Gasteiger partial charge in [0.2, 0.25) is 0 Å². The molecule has 0 aliphatic carbocycles. The second-order valence-electron chi connectivity index (χ2n) is 5.85. The normalized spacial score (nSPS) is 11.0. The molecule has 8 heteroatoms. The van der Waals surface area contributed by atoms with Crippen LogP contribution in [0.5, 0.6) is 0 Å². The van der Waals surface area contributed by atoms with Crippen molar-refractivity contribution in [3.63, 3.8) is 0 Å². The van der Waals surface area contributed by atoms with E-state index in [2.05, 4.69) is 15.0 Å². The Morgan fingerprint density at radius 1 is 1.29 bits per heavy atom. The van der Waals surface area contributed by atoms with Crippen molar-refractivity contribution in [2.75, 3.05) is 12.4 Å². The predicted molar refractivity (Wildman–Crippen MR) is 88.7 cm³/mol. The molecule has 1 aromatic carbocycles. The molecule has 0 fully saturated rings. The number of thiazole rings is 1. The minimum absolute atomic E-state index is 0.148. The van der Waals surface area contributed by atoms with Crippen molar-refractivity contribution in [1.82, 2.24) is 4.98 Å². The van der Waals surface area contributed by atoms with E-state index in [1.165, 1.54) is 30.6 Å². The lowest BCUT2D eigenvalue weighted by molar-refractivity contribution is 0.0593. The van der Waals surface area contributed by atoms with E-state index in [0.29, 0.717) is 16.4 Å². The molecule has 0 atom stereocenters. The van der Waals surface area contributed by atoms with Gasteiger partial charge in [-0.3, -0.25) is 5.32 Å². The van der Waals surface area contributed by atoms with Crippen molar-refractivity contribution in [1.29, 1.82) is 0 Å². The Morgan fingerprint density at radius 2 is 2.00 bits per heavy atom. The van der Waals surface area contributed by atoms with Gasteiger partial charge in [-0.15, -0.1) is 11.3 Å². The Kier molecular flexibility index (Phi) is 5.18. The van der Waals surface area contributed by atoms with Crippen LogP contribution in [0.2, 0.25) is 0 Å². The maximum absolute atomic E-state index is 14.0. The van der Waals surface area contributed by atoms with Crippen LogP contribution in [0, 0.1) is 5.82 Å². The zero-order chi connectivity index (χ0) is 17.9. The molecule has 1 N–H and O–H groups in total. The van der Waals surface area contributed by atoms with Crippen molar-refractivity contribution in [2.24, 2.45) is 0 Å². The van der Waals surface area contributed by atoms with Gasteiger partial charge in [-0.2, -0.15) is 0 Å². The number of hydrogen-bond donors (Lipinski definition) is 1. The standard InChI is InChI=1S/C16H17FN2O4S/c1-16(2,3)23-15(21)19-12-8-24-13(18-12)9-5-6-10(11(17)7-9)14(20)22-4/h5-8H,1-4H3,(H,19,21). The number of nitrogens with zero attached hydrogens (tertiary/aromatic N) is 1. The van der Waals surface area contributed by atoms with Gasteiger partial charge in [0.15, 0.2) is 0 Å². The minimum atomic E-state index is -0.745. The van der Waals surface area contributed by atoms with Crippen LogP contribution in [-0.4, -0.2) is 29.8 Å². The summed E-state index contributed by atoms with van der Waals surface area (Å²) in [4.78, 5) is 27.3. The van der Waals surface area contributed by atoms with Crippen LogP contribution >= 0.6 is 11.3 Å². The number of methoxy groups -OCH3 is 1. The molecule has 6 nitrogen and oxygen atoms in total. The van der Waals surface area contributed by atoms with Gasteiger partial charge in [0, 0.05) is 10.9 Å². The minimum Gasteiger partial charge on any atom is -0.465 e. The van der Waals surface area contributed by atoms with Crippen molar-refractivity contribution in [3.05, 3.63) is 35.0 Å². The quantitative estimate of drug-likeness (QED) is 0.842. The van der Waals surface area contributed by atoms with Crippen molar-refractivity contribution in [2.45, 2.75) is 26.4 Å². The Morgan fingerprint density at radius 3 is 2.58 bits per heavy atom. The summed E-state index contributed by atoms with van der Waals surface area (Å²) in [5, 5.41) is 4.63. The van der Waals surface area contributed by atoms with Crippen molar-refractivity contribution in [3.8, 4) is 10.6 Å². The molecule has 2 rings (SSSR count). The molecule has 0 radical (unpaired) electrons. The molecule has 0 spiro atoms. The SMILES string of the molecule is COC(=O)c1ccc(-c2nc(NC(=O)OC(C)(C)C)cs2)cc1F. The Labute approximate surface area is 142 Å². The summed E-state index contributed by atoms with van der Waals surface area (Å²) in [6, 6.07) is 4.09. The zero-order valence-corrected chi connectivity index (χ0v) is 14.5. The van der Waals surface area contributed by atoms with Gasteiger partial charge in [-0.1, -0.05) is 6.07 Å². The van der Waals surface area contributed by atoms with Gasteiger partial charge in [-0.05, 0) is 32.9 Å². The Balaban J connectivity index is 2.15. The van der Waals surface area contributed by atoms with E-state index in [0.717, 1.165) is 0 Å². The number of carbonyl (C=O) groups is 2. The third-order valence-corrected chi connectivity index (χ3v) is 3.65.